The molecule has 3 aromatic carbocycles. The van der Waals surface area contributed by atoms with E-state index < -0.39 is 16.1 Å². The van der Waals surface area contributed by atoms with Gasteiger partial charge in [0.15, 0.2) is 0 Å². The van der Waals surface area contributed by atoms with Crippen LogP contribution in [0, 0.1) is 11.3 Å². The quantitative estimate of drug-likeness (QED) is 0.482. The third-order valence-electron chi connectivity index (χ3n) is 6.98. The molecule has 7 nitrogen and oxygen atoms in total. The molecular formula is C28H32N4O3S. The second-order valence-corrected chi connectivity index (χ2v) is 11.2. The Labute approximate surface area is 213 Å². The van der Waals surface area contributed by atoms with E-state index in [1.807, 2.05) is 30.3 Å². The Morgan fingerprint density at radius 2 is 1.69 bits per heavy atom. The molecule has 1 aliphatic rings. The number of nitrogens with one attached hydrogen (secondary N) is 2. The van der Waals surface area contributed by atoms with Gasteiger partial charge in [-0.2, -0.15) is 5.26 Å². The Bertz CT molecular complexity index is 1350. The number of sulfonamides is 1. The monoisotopic (exact) mass is 504 g/mol. The lowest BCUT2D eigenvalue weighted by Crippen LogP contribution is -2.54. The smallest absolute Gasteiger partial charge is 0.251 e. The molecule has 36 heavy (non-hydrogen) atoms. The van der Waals surface area contributed by atoms with Crippen LogP contribution in [0.1, 0.15) is 49.0 Å². The van der Waals surface area contributed by atoms with Gasteiger partial charge in [-0.1, -0.05) is 42.8 Å². The van der Waals surface area contributed by atoms with Gasteiger partial charge in [-0.05, 0) is 62.4 Å². The van der Waals surface area contributed by atoms with Crippen LogP contribution in [0.4, 0.5) is 0 Å². The highest BCUT2D eigenvalue weighted by atomic mass is 32.2. The van der Waals surface area contributed by atoms with Gasteiger partial charge < -0.3 is 5.32 Å². The maximum Gasteiger partial charge on any atom is 0.251 e. The first-order valence-corrected chi connectivity index (χ1v) is 13.8. The molecular weight excluding hydrogens is 472 g/mol. The van der Waals surface area contributed by atoms with Crippen LogP contribution < -0.4 is 10.0 Å². The molecule has 8 heteroatoms. The van der Waals surface area contributed by atoms with E-state index in [2.05, 4.69) is 28.8 Å². The van der Waals surface area contributed by atoms with Crippen molar-refractivity contribution in [1.29, 1.82) is 5.26 Å². The number of nitriles is 1. The lowest BCUT2D eigenvalue weighted by molar-refractivity contribution is 0.0799. The minimum Gasteiger partial charge on any atom is -0.347 e. The molecule has 2 N–H and O–H groups in total. The molecule has 0 aliphatic carbocycles. The number of nitrogens with zero attached hydrogens (tertiary/aromatic N) is 2. The van der Waals surface area contributed by atoms with E-state index in [4.69, 9.17) is 5.26 Å². The van der Waals surface area contributed by atoms with Crippen molar-refractivity contribution in [2.75, 3.05) is 13.1 Å². The predicted octanol–water partition coefficient (Wildman–Crippen LogP) is 4.05. The fourth-order valence-corrected chi connectivity index (χ4v) is 6.24. The molecule has 1 amide bonds. The number of rotatable bonds is 8. The van der Waals surface area contributed by atoms with Gasteiger partial charge in [0.1, 0.15) is 0 Å². The normalized spacial score (nSPS) is 19.5. The highest BCUT2D eigenvalue weighted by Crippen LogP contribution is 2.24. The highest BCUT2D eigenvalue weighted by molar-refractivity contribution is 7.89. The van der Waals surface area contributed by atoms with Gasteiger partial charge in [-0.25, -0.2) is 13.1 Å². The third-order valence-corrected chi connectivity index (χ3v) is 8.46. The Kier molecular flexibility index (Phi) is 8.04. The van der Waals surface area contributed by atoms with Crippen LogP contribution in [-0.2, 0) is 10.0 Å². The molecule has 3 aromatic rings. The Morgan fingerprint density at radius 3 is 2.39 bits per heavy atom. The van der Waals surface area contributed by atoms with Crippen LogP contribution in [-0.4, -0.2) is 50.4 Å². The van der Waals surface area contributed by atoms with Crippen molar-refractivity contribution < 1.29 is 13.2 Å². The number of benzene rings is 3. The second-order valence-electron chi connectivity index (χ2n) is 9.51. The van der Waals surface area contributed by atoms with Crippen LogP contribution in [0.15, 0.2) is 71.6 Å². The van der Waals surface area contributed by atoms with Gasteiger partial charge >= 0.3 is 0 Å². The van der Waals surface area contributed by atoms with Gasteiger partial charge in [0.25, 0.3) is 5.91 Å². The average Bonchev–Trinajstić information content (AvgIpc) is 2.89. The number of amides is 1. The summed E-state index contributed by atoms with van der Waals surface area (Å²) in [6.07, 6.45) is 3.31. The Morgan fingerprint density at radius 1 is 1.03 bits per heavy atom. The largest absolute Gasteiger partial charge is 0.347 e. The van der Waals surface area contributed by atoms with Crippen LogP contribution in [0.3, 0.4) is 0 Å². The molecule has 0 spiro atoms. The molecule has 4 rings (SSSR count). The number of fused-ring (bicyclic) bond motifs is 1. The summed E-state index contributed by atoms with van der Waals surface area (Å²) in [6, 6.07) is 21.3. The number of hydrogen-bond acceptors (Lipinski definition) is 5. The minimum absolute atomic E-state index is 0.0590. The summed E-state index contributed by atoms with van der Waals surface area (Å²) in [7, 11) is -3.82. The number of hydrogen-bond donors (Lipinski definition) is 2. The zero-order valence-electron chi connectivity index (χ0n) is 20.6. The molecule has 0 unspecified atom stereocenters. The molecule has 3 atom stereocenters. The Balaban J connectivity index is 1.55. The third kappa shape index (κ3) is 5.93. The van der Waals surface area contributed by atoms with Crippen LogP contribution in [0.2, 0.25) is 0 Å². The summed E-state index contributed by atoms with van der Waals surface area (Å²) >= 11 is 0. The van der Waals surface area contributed by atoms with Gasteiger partial charge in [0.2, 0.25) is 10.0 Å². The molecule has 1 fully saturated rings. The van der Waals surface area contributed by atoms with Crippen LogP contribution in [0.25, 0.3) is 10.8 Å². The molecule has 0 bridgehead atoms. The van der Waals surface area contributed by atoms with E-state index in [1.165, 1.54) is 0 Å². The van der Waals surface area contributed by atoms with Crippen LogP contribution in [0.5, 0.6) is 0 Å². The lowest BCUT2D eigenvalue weighted by atomic mass is 9.97. The molecule has 0 aromatic heterocycles. The number of likely N-dealkylation sites (tertiary alicyclic amines) is 1. The van der Waals surface area contributed by atoms with E-state index in [0.29, 0.717) is 35.1 Å². The van der Waals surface area contributed by atoms with Crippen molar-refractivity contribution in [2.45, 2.75) is 56.1 Å². The Hall–Kier alpha value is -3.25. The number of carbonyl (C=O) groups excluding carboxylic acids is 1. The van der Waals surface area contributed by atoms with E-state index in [0.717, 1.165) is 24.6 Å². The summed E-state index contributed by atoms with van der Waals surface area (Å²) in [5.74, 6) is -0.300. The first-order valence-electron chi connectivity index (χ1n) is 12.3. The van der Waals surface area contributed by atoms with E-state index in [-0.39, 0.29) is 17.3 Å². The molecule has 1 saturated heterocycles. The summed E-state index contributed by atoms with van der Waals surface area (Å²) in [4.78, 5) is 15.6. The first-order chi connectivity index (χ1) is 17.3. The fraction of sp³-hybridized carbons (Fsp3) is 0.357. The number of carbonyl (C=O) groups is 1. The topological polar surface area (TPSA) is 102 Å². The molecule has 0 radical (unpaired) electrons. The van der Waals surface area contributed by atoms with Gasteiger partial charge in [-0.3, -0.25) is 9.69 Å². The predicted molar refractivity (Wildman–Crippen MR) is 141 cm³/mol. The first kappa shape index (κ1) is 25.8. The van der Waals surface area contributed by atoms with Gasteiger partial charge in [0.05, 0.1) is 22.6 Å². The SMILES string of the molecule is C[C@@H]1CCC[C@H](C)N1C[C@H](CNS(=O)(=O)c1cccc2ccccc12)NC(=O)c1ccc(C#N)cc1. The van der Waals surface area contributed by atoms with Crippen molar-refractivity contribution in [2.24, 2.45) is 0 Å². The van der Waals surface area contributed by atoms with E-state index >= 15 is 0 Å². The number of piperidine rings is 1. The zero-order chi connectivity index (χ0) is 25.7. The van der Waals surface area contributed by atoms with Gasteiger partial charge in [-0.15, -0.1) is 0 Å². The van der Waals surface area contributed by atoms with Crippen molar-refractivity contribution in [3.05, 3.63) is 77.9 Å². The molecule has 1 aliphatic heterocycles. The van der Waals surface area contributed by atoms with Crippen LogP contribution >= 0.6 is 0 Å². The average molecular weight is 505 g/mol. The van der Waals surface area contributed by atoms with Crippen molar-refractivity contribution in [1.82, 2.24) is 14.9 Å². The summed E-state index contributed by atoms with van der Waals surface area (Å²) < 4.78 is 29.4. The summed E-state index contributed by atoms with van der Waals surface area (Å²) in [6.45, 7) is 4.94. The lowest BCUT2D eigenvalue weighted by Gasteiger charge is -2.41. The maximum atomic E-state index is 13.3. The maximum absolute atomic E-state index is 13.3. The molecule has 188 valence electrons. The van der Waals surface area contributed by atoms with Crippen molar-refractivity contribution in [3.8, 4) is 6.07 Å². The molecule has 1 heterocycles. The molecule has 0 saturated carbocycles. The van der Waals surface area contributed by atoms with E-state index in [1.54, 1.807) is 42.5 Å². The second kappa shape index (κ2) is 11.2. The standard InChI is InChI=1S/C28H32N4O3S/c1-20-7-5-8-21(2)32(20)19-25(31-28(33)24-15-13-22(17-29)14-16-24)18-30-36(34,35)27-12-6-10-23-9-3-4-11-26(23)27/h3-4,6,9-16,20-21,25,30H,5,7-8,18-19H2,1-2H3,(H,31,33)/t20-,21+,25-/m0/s1. The fourth-order valence-electron chi connectivity index (χ4n) is 4.93. The van der Waals surface area contributed by atoms with Crippen molar-refractivity contribution in [3.63, 3.8) is 0 Å². The van der Waals surface area contributed by atoms with E-state index in [9.17, 15) is 13.2 Å². The minimum atomic E-state index is -3.82. The summed E-state index contributed by atoms with van der Waals surface area (Å²) in [5.41, 5.74) is 0.901. The van der Waals surface area contributed by atoms with Crippen molar-refractivity contribution >= 4 is 26.7 Å². The highest BCUT2D eigenvalue weighted by Gasteiger charge is 2.29. The zero-order valence-corrected chi connectivity index (χ0v) is 21.5. The summed E-state index contributed by atoms with van der Waals surface area (Å²) in [5, 5.41) is 13.6. The van der Waals surface area contributed by atoms with Gasteiger partial charge in [0, 0.05) is 36.1 Å².